The van der Waals surface area contributed by atoms with Gasteiger partial charge in [0.2, 0.25) is 11.8 Å². The van der Waals surface area contributed by atoms with Gasteiger partial charge in [0, 0.05) is 22.4 Å². The van der Waals surface area contributed by atoms with Crippen LogP contribution in [0.15, 0.2) is 59.0 Å². The van der Waals surface area contributed by atoms with Crippen molar-refractivity contribution in [3.05, 3.63) is 77.2 Å². The summed E-state index contributed by atoms with van der Waals surface area (Å²) in [6, 6.07) is 18.0. The minimum Gasteiger partial charge on any atom is -0.441 e. The van der Waals surface area contributed by atoms with Crippen LogP contribution in [0.1, 0.15) is 35.9 Å². The molecule has 2 unspecified atom stereocenters. The molecule has 0 saturated carbocycles. The lowest BCUT2D eigenvalue weighted by Gasteiger charge is -2.13. The van der Waals surface area contributed by atoms with Crippen molar-refractivity contribution in [2.75, 3.05) is 5.75 Å². The maximum Gasteiger partial charge on any atom is 0.232 e. The van der Waals surface area contributed by atoms with Gasteiger partial charge in [0.1, 0.15) is 11.5 Å². The topological polar surface area (TPSA) is 72.2 Å². The molecule has 1 N–H and O–H groups in total. The average molecular weight is 425 g/mol. The second-order valence-electron chi connectivity index (χ2n) is 7.56. The number of nitrogens with zero attached hydrogens (tertiary/aromatic N) is 1. The molecule has 3 rings (SSSR count). The highest BCUT2D eigenvalue weighted by Gasteiger charge is 2.17. The zero-order valence-corrected chi connectivity index (χ0v) is 18.5. The number of amides is 1. The molecule has 2 atom stereocenters. The van der Waals surface area contributed by atoms with E-state index in [9.17, 15) is 9.00 Å². The number of carbonyl (C=O) groups excluding carboxylic acids is 1. The van der Waals surface area contributed by atoms with Crippen molar-refractivity contribution in [1.82, 2.24) is 10.3 Å². The number of nitrogens with one attached hydrogen (secondary N) is 1. The van der Waals surface area contributed by atoms with Crippen molar-refractivity contribution >= 4 is 16.7 Å². The quantitative estimate of drug-likeness (QED) is 0.554. The Morgan fingerprint density at radius 3 is 2.53 bits per heavy atom. The summed E-state index contributed by atoms with van der Waals surface area (Å²) >= 11 is 0. The van der Waals surface area contributed by atoms with E-state index in [1.54, 1.807) is 0 Å². The van der Waals surface area contributed by atoms with Crippen LogP contribution < -0.4 is 5.32 Å². The number of hydrogen-bond donors (Lipinski definition) is 1. The van der Waals surface area contributed by atoms with Crippen molar-refractivity contribution in [3.63, 3.8) is 0 Å². The van der Waals surface area contributed by atoms with Crippen molar-refractivity contribution in [3.8, 4) is 11.5 Å². The smallest absolute Gasteiger partial charge is 0.232 e. The first-order valence-electron chi connectivity index (χ1n) is 10.1. The van der Waals surface area contributed by atoms with Crippen LogP contribution in [0.3, 0.4) is 0 Å². The summed E-state index contributed by atoms with van der Waals surface area (Å²) < 4.78 is 18.3. The van der Waals surface area contributed by atoms with Crippen molar-refractivity contribution in [2.24, 2.45) is 0 Å². The molecule has 30 heavy (non-hydrogen) atoms. The molecule has 0 fully saturated rings. The lowest BCUT2D eigenvalue weighted by atomic mass is 10.1. The second kappa shape index (κ2) is 10.3. The zero-order valence-electron chi connectivity index (χ0n) is 17.7. The molecule has 0 bridgehead atoms. The summed E-state index contributed by atoms with van der Waals surface area (Å²) in [5, 5.41) is 2.94. The Kier molecular flexibility index (Phi) is 7.57. The number of carbonyl (C=O) groups is 1. The molecule has 158 valence electrons. The third-order valence-corrected chi connectivity index (χ3v) is 6.15. The fraction of sp³-hybridized carbons (Fsp3) is 0.333. The van der Waals surface area contributed by atoms with Crippen molar-refractivity contribution in [1.29, 1.82) is 0 Å². The van der Waals surface area contributed by atoms with E-state index >= 15 is 0 Å². The van der Waals surface area contributed by atoms with Gasteiger partial charge in [-0.15, -0.1) is 0 Å². The third-order valence-electron chi connectivity index (χ3n) is 4.97. The molecule has 1 aromatic heterocycles. The number of oxazole rings is 1. The van der Waals surface area contributed by atoms with E-state index in [2.05, 4.69) is 22.4 Å². The first kappa shape index (κ1) is 22.0. The zero-order chi connectivity index (χ0) is 21.5. The Bertz CT molecular complexity index is 1010. The minimum atomic E-state index is -1.35. The van der Waals surface area contributed by atoms with E-state index in [1.807, 2.05) is 63.2 Å². The van der Waals surface area contributed by atoms with Crippen LogP contribution in [0.25, 0.3) is 11.5 Å². The van der Waals surface area contributed by atoms with Gasteiger partial charge < -0.3 is 9.73 Å². The maximum absolute atomic E-state index is 12.5. The van der Waals surface area contributed by atoms with Crippen LogP contribution in [-0.4, -0.2) is 26.9 Å². The first-order valence-corrected chi connectivity index (χ1v) is 11.6. The SMILES string of the molecule is Cc1ccccc1-c1nc(CS(=O)CC(=O)NC(C)CCc2ccccc2)c(C)o1. The fourth-order valence-electron chi connectivity index (χ4n) is 3.26. The molecule has 6 heteroatoms. The van der Waals surface area contributed by atoms with Gasteiger partial charge in [0.15, 0.2) is 0 Å². The van der Waals surface area contributed by atoms with Gasteiger partial charge in [-0.1, -0.05) is 48.5 Å². The van der Waals surface area contributed by atoms with Gasteiger partial charge in [-0.05, 0) is 50.8 Å². The highest BCUT2D eigenvalue weighted by Crippen LogP contribution is 2.25. The number of aryl methyl sites for hydroxylation is 3. The minimum absolute atomic E-state index is 0.0242. The molecule has 0 radical (unpaired) electrons. The molecule has 5 nitrogen and oxygen atoms in total. The van der Waals surface area contributed by atoms with Gasteiger partial charge in [-0.3, -0.25) is 9.00 Å². The summed E-state index contributed by atoms with van der Waals surface area (Å²) in [5.74, 6) is 1.12. The van der Waals surface area contributed by atoms with E-state index < -0.39 is 10.8 Å². The van der Waals surface area contributed by atoms with Gasteiger partial charge in [-0.25, -0.2) is 4.98 Å². The lowest BCUT2D eigenvalue weighted by Crippen LogP contribution is -2.36. The van der Waals surface area contributed by atoms with Crippen LogP contribution in [0, 0.1) is 13.8 Å². The molecule has 0 saturated heterocycles. The molecule has 0 aliphatic carbocycles. The first-order chi connectivity index (χ1) is 14.4. The normalized spacial score (nSPS) is 13.0. The number of hydrogen-bond acceptors (Lipinski definition) is 4. The van der Waals surface area contributed by atoms with Crippen LogP contribution >= 0.6 is 0 Å². The molecule has 0 aliphatic rings. The Balaban J connectivity index is 1.50. The predicted octanol–water partition coefficient (Wildman–Crippen LogP) is 4.34. The highest BCUT2D eigenvalue weighted by molar-refractivity contribution is 7.84. The Morgan fingerprint density at radius 1 is 1.10 bits per heavy atom. The monoisotopic (exact) mass is 424 g/mol. The molecular formula is C24H28N2O3S. The van der Waals surface area contributed by atoms with Crippen molar-refractivity contribution < 1.29 is 13.4 Å². The Labute approximate surface area is 180 Å². The van der Waals surface area contributed by atoms with E-state index in [1.165, 1.54) is 5.56 Å². The summed E-state index contributed by atoms with van der Waals surface area (Å²) in [6.45, 7) is 5.78. The average Bonchev–Trinajstić information content (AvgIpc) is 3.07. The van der Waals surface area contributed by atoms with E-state index in [0.717, 1.165) is 24.0 Å². The molecule has 1 amide bonds. The summed E-state index contributed by atoms with van der Waals surface area (Å²) in [6.07, 6.45) is 1.73. The Morgan fingerprint density at radius 2 is 1.80 bits per heavy atom. The highest BCUT2D eigenvalue weighted by atomic mass is 32.2. The van der Waals surface area contributed by atoms with Crippen LogP contribution in [0.5, 0.6) is 0 Å². The lowest BCUT2D eigenvalue weighted by molar-refractivity contribution is -0.119. The molecule has 0 aliphatic heterocycles. The second-order valence-corrected chi connectivity index (χ2v) is 9.02. The summed E-state index contributed by atoms with van der Waals surface area (Å²) in [5.41, 5.74) is 3.86. The molecule has 0 spiro atoms. The Hall–Kier alpha value is -2.73. The van der Waals surface area contributed by atoms with Gasteiger partial charge >= 0.3 is 0 Å². The van der Waals surface area contributed by atoms with E-state index in [-0.39, 0.29) is 23.5 Å². The van der Waals surface area contributed by atoms with Crippen LogP contribution in [0.2, 0.25) is 0 Å². The number of rotatable bonds is 9. The maximum atomic E-state index is 12.5. The van der Waals surface area contributed by atoms with E-state index in [4.69, 9.17) is 4.42 Å². The molecular weight excluding hydrogens is 396 g/mol. The molecule has 2 aromatic carbocycles. The third kappa shape index (κ3) is 6.13. The predicted molar refractivity (Wildman–Crippen MR) is 120 cm³/mol. The molecule has 1 heterocycles. The largest absolute Gasteiger partial charge is 0.441 e. The summed E-state index contributed by atoms with van der Waals surface area (Å²) in [7, 11) is -1.35. The number of benzene rings is 2. The van der Waals surface area contributed by atoms with Gasteiger partial charge in [-0.2, -0.15) is 0 Å². The van der Waals surface area contributed by atoms with Crippen molar-refractivity contribution in [2.45, 2.75) is 45.4 Å². The van der Waals surface area contributed by atoms with E-state index in [0.29, 0.717) is 17.3 Å². The fourth-order valence-corrected chi connectivity index (χ4v) is 4.31. The van der Waals surface area contributed by atoms with Gasteiger partial charge in [0.25, 0.3) is 0 Å². The van der Waals surface area contributed by atoms with Crippen LogP contribution in [0.4, 0.5) is 0 Å². The number of aromatic nitrogens is 1. The summed E-state index contributed by atoms with van der Waals surface area (Å²) in [4.78, 5) is 16.8. The van der Waals surface area contributed by atoms with Gasteiger partial charge in [0.05, 0.1) is 11.4 Å². The van der Waals surface area contributed by atoms with Crippen LogP contribution in [-0.2, 0) is 27.8 Å². The standard InChI is InChI=1S/C24H28N2O3S/c1-17-9-7-8-12-21(17)24-26-22(19(3)29-24)15-30(28)16-23(27)25-18(2)13-14-20-10-5-4-6-11-20/h4-12,18H,13-16H2,1-3H3,(H,25,27). The molecule has 3 aromatic rings.